The molecule has 1 unspecified atom stereocenters. The number of ether oxygens (including phenoxy) is 1. The van der Waals surface area contributed by atoms with Crippen molar-refractivity contribution in [1.82, 2.24) is 16.0 Å². The van der Waals surface area contributed by atoms with Crippen molar-refractivity contribution in [1.29, 1.82) is 0 Å². The normalized spacial score (nSPS) is 17.0. The smallest absolute Gasteiger partial charge is 0.407 e. The number of benzene rings is 1. The van der Waals surface area contributed by atoms with E-state index in [2.05, 4.69) is 26.9 Å². The number of amides is 1. The van der Waals surface area contributed by atoms with Crippen LogP contribution in [0.3, 0.4) is 0 Å². The van der Waals surface area contributed by atoms with Gasteiger partial charge in [-0.05, 0) is 51.5 Å². The number of nitrogens with zero attached hydrogens (tertiary/aromatic N) is 1. The zero-order chi connectivity index (χ0) is 20.7. The molecular weight excluding hydrogens is 356 g/mol. The number of hydrogen-bond acceptors (Lipinski definition) is 6. The van der Waals surface area contributed by atoms with Crippen molar-refractivity contribution in [2.75, 3.05) is 6.54 Å². The van der Waals surface area contributed by atoms with E-state index in [0.29, 0.717) is 17.7 Å². The average molecular weight is 384 g/mol. The lowest BCUT2D eigenvalue weighted by atomic mass is 10.1. The molecule has 1 aromatic carbocycles. The van der Waals surface area contributed by atoms with Gasteiger partial charge >= 0.3 is 6.09 Å². The first-order valence-electron chi connectivity index (χ1n) is 9.24. The number of nitrogens with one attached hydrogen (secondary N) is 3. The summed E-state index contributed by atoms with van der Waals surface area (Å²) in [5.41, 5.74) is 0.724. The Morgan fingerprint density at radius 1 is 1.46 bits per heavy atom. The number of carbonyl (C=O) groups is 1. The van der Waals surface area contributed by atoms with Gasteiger partial charge in [-0.25, -0.2) is 4.79 Å². The molecule has 0 radical (unpaired) electrons. The number of terminal acetylenes is 1. The molecule has 2 rings (SSSR count). The molecule has 0 aromatic heterocycles. The van der Waals surface area contributed by atoms with Crippen LogP contribution < -0.4 is 16.0 Å². The van der Waals surface area contributed by atoms with E-state index in [0.717, 1.165) is 12.2 Å². The minimum absolute atomic E-state index is 0.104. The lowest BCUT2D eigenvalue weighted by molar-refractivity contribution is 0.0503. The third kappa shape index (κ3) is 6.23. The number of alkyl carbamates (subject to hydrolysis) is 1. The average Bonchev–Trinajstić information content (AvgIpc) is 2.64. The Hall–Kier alpha value is -3.14. The number of aliphatic imine (C=N–C) groups is 1. The van der Waals surface area contributed by atoms with Crippen LogP contribution in [0.25, 0.3) is 0 Å². The third-order valence-electron chi connectivity index (χ3n) is 4.01. The van der Waals surface area contributed by atoms with Crippen molar-refractivity contribution < 1.29 is 14.6 Å². The summed E-state index contributed by atoms with van der Waals surface area (Å²) < 4.78 is 5.30. The van der Waals surface area contributed by atoms with Crippen molar-refractivity contribution in [3.63, 3.8) is 0 Å². The first-order chi connectivity index (χ1) is 13.2. The summed E-state index contributed by atoms with van der Waals surface area (Å²) in [5, 5.41) is 19.5. The maximum Gasteiger partial charge on any atom is 0.407 e. The first-order valence-corrected chi connectivity index (χ1v) is 9.24. The summed E-state index contributed by atoms with van der Waals surface area (Å²) in [6.45, 7) is 7.97. The van der Waals surface area contributed by atoms with E-state index in [-0.39, 0.29) is 11.8 Å². The monoisotopic (exact) mass is 384 g/mol. The molecule has 1 aromatic rings. The molecule has 150 valence electrons. The fourth-order valence-electron chi connectivity index (χ4n) is 2.57. The van der Waals surface area contributed by atoms with E-state index in [1.165, 1.54) is 0 Å². The topological polar surface area (TPSA) is 95.0 Å². The Balaban J connectivity index is 1.95. The number of aromatic hydroxyl groups is 1. The minimum Gasteiger partial charge on any atom is -0.508 e. The van der Waals surface area contributed by atoms with Crippen LogP contribution in [-0.2, 0) is 4.74 Å². The summed E-state index contributed by atoms with van der Waals surface area (Å²) >= 11 is 0. The Bertz CT molecular complexity index is 803. The lowest BCUT2D eigenvalue weighted by Crippen LogP contribution is -2.45. The number of rotatable bonds is 6. The highest BCUT2D eigenvalue weighted by Crippen LogP contribution is 2.27. The molecule has 1 aliphatic heterocycles. The van der Waals surface area contributed by atoms with Crippen LogP contribution in [0.2, 0.25) is 0 Å². The summed E-state index contributed by atoms with van der Waals surface area (Å²) in [6.07, 6.45) is 8.73. The molecule has 1 heterocycles. The number of allylic oxidation sites excluding steroid dienone is 1. The summed E-state index contributed by atoms with van der Waals surface area (Å²) in [5.74, 6) is 3.40. The molecule has 7 nitrogen and oxygen atoms in total. The molecule has 7 heteroatoms. The van der Waals surface area contributed by atoms with Gasteiger partial charge in [0, 0.05) is 29.9 Å². The van der Waals surface area contributed by atoms with Crippen LogP contribution in [0.5, 0.6) is 5.75 Å². The van der Waals surface area contributed by atoms with Crippen LogP contribution in [0, 0.1) is 12.3 Å². The second kappa shape index (κ2) is 9.18. The number of hydrogen-bond donors (Lipinski definition) is 4. The zero-order valence-electron chi connectivity index (χ0n) is 16.7. The first kappa shape index (κ1) is 21.2. The molecule has 0 fully saturated rings. The predicted octanol–water partition coefficient (Wildman–Crippen LogP) is 2.78. The summed E-state index contributed by atoms with van der Waals surface area (Å²) in [6, 6.07) is 4.86. The molecule has 28 heavy (non-hydrogen) atoms. The number of carbonyl (C=O) groups excluding carboxylic acids is 1. The molecule has 2 atom stereocenters. The van der Waals surface area contributed by atoms with Gasteiger partial charge in [-0.15, -0.1) is 6.42 Å². The SMILES string of the molecule is C#Cc1ccc(O)c(C2N=CC=C(NC[C@@H](CC)NC(=O)OC(C)(C)C)N2)c1. The van der Waals surface area contributed by atoms with Gasteiger partial charge in [0.25, 0.3) is 0 Å². The van der Waals surface area contributed by atoms with Gasteiger partial charge in [0.1, 0.15) is 23.3 Å². The molecule has 0 saturated carbocycles. The van der Waals surface area contributed by atoms with E-state index in [4.69, 9.17) is 11.2 Å². The lowest BCUT2D eigenvalue weighted by Gasteiger charge is -2.26. The molecule has 1 amide bonds. The Morgan fingerprint density at radius 3 is 2.86 bits per heavy atom. The predicted molar refractivity (Wildman–Crippen MR) is 110 cm³/mol. The summed E-state index contributed by atoms with van der Waals surface area (Å²) in [7, 11) is 0. The Labute approximate surface area is 166 Å². The van der Waals surface area contributed by atoms with Gasteiger partial charge < -0.3 is 25.8 Å². The van der Waals surface area contributed by atoms with E-state index >= 15 is 0 Å². The molecule has 1 aliphatic rings. The molecule has 4 N–H and O–H groups in total. The van der Waals surface area contributed by atoms with Crippen molar-refractivity contribution >= 4 is 12.3 Å². The maximum absolute atomic E-state index is 12.0. The minimum atomic E-state index is -0.540. The Morgan fingerprint density at radius 2 is 2.21 bits per heavy atom. The van der Waals surface area contributed by atoms with Crippen LogP contribution in [0.4, 0.5) is 4.79 Å². The maximum atomic E-state index is 12.0. The highest BCUT2D eigenvalue weighted by Gasteiger charge is 2.20. The van der Waals surface area contributed by atoms with Crippen molar-refractivity contribution in [2.45, 2.75) is 51.9 Å². The van der Waals surface area contributed by atoms with E-state index in [1.54, 1.807) is 30.5 Å². The Kier molecular flexibility index (Phi) is 6.94. The van der Waals surface area contributed by atoms with Gasteiger partial charge in [-0.1, -0.05) is 12.8 Å². The molecule has 0 bridgehead atoms. The van der Waals surface area contributed by atoms with Crippen LogP contribution >= 0.6 is 0 Å². The van der Waals surface area contributed by atoms with Gasteiger partial charge in [0.2, 0.25) is 0 Å². The molecular formula is C21H28N4O3. The molecule has 0 spiro atoms. The van der Waals surface area contributed by atoms with E-state index in [9.17, 15) is 9.90 Å². The van der Waals surface area contributed by atoms with Crippen molar-refractivity contribution in [3.05, 3.63) is 41.2 Å². The highest BCUT2D eigenvalue weighted by atomic mass is 16.6. The fourth-order valence-corrected chi connectivity index (χ4v) is 2.57. The van der Waals surface area contributed by atoms with Crippen LogP contribution in [0.1, 0.15) is 51.4 Å². The number of phenolic OH excluding ortho intramolecular Hbond substituents is 1. The van der Waals surface area contributed by atoms with Gasteiger partial charge in [-0.3, -0.25) is 4.99 Å². The van der Waals surface area contributed by atoms with Gasteiger partial charge in [-0.2, -0.15) is 0 Å². The number of phenols is 1. The zero-order valence-corrected chi connectivity index (χ0v) is 16.7. The standard InChI is InChI=1S/C21H28N4O3/c1-6-14-8-9-17(26)16(12-14)19-22-11-10-18(25-19)23-13-15(7-2)24-20(27)28-21(3,4)5/h1,8-12,15,19,23,25-26H,7,13H2,2-5H3,(H,24,27)/t15-,19?/m1/s1. The third-order valence-corrected chi connectivity index (χ3v) is 4.01. The van der Waals surface area contributed by atoms with E-state index < -0.39 is 17.9 Å². The second-order valence-corrected chi connectivity index (χ2v) is 7.48. The largest absolute Gasteiger partial charge is 0.508 e. The van der Waals surface area contributed by atoms with Gasteiger partial charge in [0.15, 0.2) is 0 Å². The van der Waals surface area contributed by atoms with Crippen LogP contribution in [-0.4, -0.2) is 35.6 Å². The highest BCUT2D eigenvalue weighted by molar-refractivity contribution is 5.73. The van der Waals surface area contributed by atoms with Gasteiger partial charge in [0.05, 0.1) is 0 Å². The second-order valence-electron chi connectivity index (χ2n) is 7.48. The van der Waals surface area contributed by atoms with Crippen molar-refractivity contribution in [3.8, 4) is 18.1 Å². The fraction of sp³-hybridized carbons (Fsp3) is 0.429. The quantitative estimate of drug-likeness (QED) is 0.566. The van der Waals surface area contributed by atoms with Crippen molar-refractivity contribution in [2.24, 2.45) is 4.99 Å². The van der Waals surface area contributed by atoms with Crippen LogP contribution in [0.15, 0.2) is 35.1 Å². The van der Waals surface area contributed by atoms with E-state index in [1.807, 2.05) is 27.7 Å². The molecule has 0 saturated heterocycles. The summed E-state index contributed by atoms with van der Waals surface area (Å²) in [4.78, 5) is 16.3. The molecule has 0 aliphatic carbocycles.